The largest absolute Gasteiger partial charge is 0.347 e. The average Bonchev–Trinajstić information content (AvgIpc) is 2.03. The van der Waals surface area contributed by atoms with E-state index in [9.17, 15) is 4.79 Å². The van der Waals surface area contributed by atoms with Gasteiger partial charge >= 0.3 is 0 Å². The monoisotopic (exact) mass is 136 g/mol. The van der Waals surface area contributed by atoms with Gasteiger partial charge in [0.25, 0.3) is 0 Å². The quantitative estimate of drug-likeness (QED) is 0.635. The summed E-state index contributed by atoms with van der Waals surface area (Å²) in [6, 6.07) is 1.70. The molecule has 0 spiro atoms. The lowest BCUT2D eigenvalue weighted by atomic mass is 10.6. The number of hydrogen-bond donors (Lipinski definition) is 1. The molecule has 1 aromatic rings. The Morgan fingerprint density at radius 3 is 2.80 bits per heavy atom. The van der Waals surface area contributed by atoms with Crippen molar-refractivity contribution >= 4 is 12.2 Å². The highest BCUT2D eigenvalue weighted by molar-refractivity contribution is 5.57. The van der Waals surface area contributed by atoms with E-state index in [0.717, 1.165) is 0 Å². The lowest BCUT2D eigenvalue weighted by molar-refractivity contribution is 0.557. The van der Waals surface area contributed by atoms with Crippen LogP contribution in [0.4, 0.5) is 5.95 Å². The van der Waals surface area contributed by atoms with E-state index in [1.54, 1.807) is 24.7 Å². The molecule has 0 saturated carbocycles. The summed E-state index contributed by atoms with van der Waals surface area (Å²) in [5.74, 6) is 0.450. The molecule has 0 aromatic carbocycles. The summed E-state index contributed by atoms with van der Waals surface area (Å²) >= 11 is 0. The molecule has 0 aliphatic rings. The summed E-state index contributed by atoms with van der Waals surface area (Å²) in [5, 5.41) is 2.65. The van der Waals surface area contributed by atoms with Gasteiger partial charge in [-0.2, -0.15) is 0 Å². The maximum Gasteiger partial charge on any atom is 0.222 e. The second-order valence-electron chi connectivity index (χ2n) is 1.57. The summed E-state index contributed by atoms with van der Waals surface area (Å²) < 4.78 is 0. The van der Waals surface area contributed by atoms with Crippen LogP contribution in [0.25, 0.3) is 0 Å². The molecular weight excluding hydrogens is 130 g/mol. The first-order valence-corrected chi connectivity index (χ1v) is 2.79. The molecule has 0 bridgehead atoms. The standard InChI is InChI=1S/C6H6N3O/c10-5-4-9-6-7-2-1-3-8-6/h1-3H,4H2,(H,7,8,9). The smallest absolute Gasteiger partial charge is 0.222 e. The summed E-state index contributed by atoms with van der Waals surface area (Å²) in [4.78, 5) is 17.4. The van der Waals surface area contributed by atoms with Gasteiger partial charge in [-0.05, 0) is 6.07 Å². The molecule has 0 aliphatic heterocycles. The van der Waals surface area contributed by atoms with E-state index < -0.39 is 0 Å². The lowest BCUT2D eigenvalue weighted by Crippen LogP contribution is -2.04. The maximum atomic E-state index is 9.74. The van der Waals surface area contributed by atoms with Crippen molar-refractivity contribution in [3.8, 4) is 0 Å². The van der Waals surface area contributed by atoms with E-state index >= 15 is 0 Å². The molecule has 0 fully saturated rings. The van der Waals surface area contributed by atoms with Gasteiger partial charge in [0, 0.05) is 12.4 Å². The van der Waals surface area contributed by atoms with E-state index in [-0.39, 0.29) is 6.54 Å². The second-order valence-corrected chi connectivity index (χ2v) is 1.57. The zero-order valence-electron chi connectivity index (χ0n) is 5.24. The predicted octanol–water partition coefficient (Wildman–Crippen LogP) is -0.00180. The maximum absolute atomic E-state index is 9.74. The molecule has 4 heteroatoms. The molecule has 1 aromatic heterocycles. The minimum absolute atomic E-state index is 0.129. The zero-order valence-corrected chi connectivity index (χ0v) is 5.24. The van der Waals surface area contributed by atoms with Gasteiger partial charge in [-0.25, -0.2) is 9.97 Å². The Hall–Kier alpha value is -1.45. The first kappa shape index (κ1) is 6.67. The van der Waals surface area contributed by atoms with Gasteiger partial charge in [-0.15, -0.1) is 0 Å². The van der Waals surface area contributed by atoms with Gasteiger partial charge in [0.1, 0.15) is 0 Å². The summed E-state index contributed by atoms with van der Waals surface area (Å²) in [5.41, 5.74) is 0. The van der Waals surface area contributed by atoms with Crippen molar-refractivity contribution in [3.63, 3.8) is 0 Å². The van der Waals surface area contributed by atoms with Gasteiger partial charge in [0.2, 0.25) is 12.2 Å². The van der Waals surface area contributed by atoms with Crippen molar-refractivity contribution in [2.75, 3.05) is 11.9 Å². The van der Waals surface area contributed by atoms with Crippen LogP contribution in [0.15, 0.2) is 18.5 Å². The Morgan fingerprint density at radius 2 is 2.20 bits per heavy atom. The van der Waals surface area contributed by atoms with Crippen LogP contribution in [0.5, 0.6) is 0 Å². The Labute approximate surface area is 58.3 Å². The van der Waals surface area contributed by atoms with Gasteiger partial charge in [0.05, 0.1) is 6.54 Å². The minimum Gasteiger partial charge on any atom is -0.347 e. The van der Waals surface area contributed by atoms with E-state index in [2.05, 4.69) is 15.3 Å². The predicted molar refractivity (Wildman–Crippen MR) is 36.2 cm³/mol. The molecule has 1 radical (unpaired) electrons. The fourth-order valence-corrected chi connectivity index (χ4v) is 0.506. The molecule has 4 nitrogen and oxygen atoms in total. The Balaban J connectivity index is 2.50. The topological polar surface area (TPSA) is 54.9 Å². The van der Waals surface area contributed by atoms with Crippen molar-refractivity contribution < 1.29 is 4.79 Å². The first-order chi connectivity index (χ1) is 4.93. The van der Waals surface area contributed by atoms with Gasteiger partial charge in [0.15, 0.2) is 0 Å². The van der Waals surface area contributed by atoms with E-state index in [1.807, 2.05) is 0 Å². The number of nitrogens with one attached hydrogen (secondary N) is 1. The second kappa shape index (κ2) is 3.55. The van der Waals surface area contributed by atoms with Crippen molar-refractivity contribution in [2.45, 2.75) is 0 Å². The van der Waals surface area contributed by atoms with Crippen LogP contribution in [-0.4, -0.2) is 22.8 Å². The average molecular weight is 136 g/mol. The molecule has 10 heavy (non-hydrogen) atoms. The van der Waals surface area contributed by atoms with Crippen LogP contribution in [0.3, 0.4) is 0 Å². The zero-order chi connectivity index (χ0) is 7.23. The number of nitrogens with zero attached hydrogens (tertiary/aromatic N) is 2. The Bertz CT molecular complexity index is 199. The highest BCUT2D eigenvalue weighted by Gasteiger charge is 1.88. The molecule has 1 N–H and O–H groups in total. The molecule has 51 valence electrons. The molecule has 1 rings (SSSR count). The molecule has 0 unspecified atom stereocenters. The van der Waals surface area contributed by atoms with E-state index in [0.29, 0.717) is 5.95 Å². The Kier molecular flexibility index (Phi) is 2.37. The van der Waals surface area contributed by atoms with Crippen LogP contribution in [0.2, 0.25) is 0 Å². The summed E-state index contributed by atoms with van der Waals surface area (Å²) in [6.45, 7) is 0.129. The molecule has 0 amide bonds. The fraction of sp³-hybridized carbons (Fsp3) is 0.167. The van der Waals surface area contributed by atoms with Gasteiger partial charge in [-0.1, -0.05) is 0 Å². The van der Waals surface area contributed by atoms with Crippen LogP contribution in [0, 0.1) is 0 Å². The number of aromatic nitrogens is 2. The van der Waals surface area contributed by atoms with Gasteiger partial charge < -0.3 is 5.32 Å². The highest BCUT2D eigenvalue weighted by atomic mass is 16.1. The summed E-state index contributed by atoms with van der Waals surface area (Å²) in [7, 11) is 0. The van der Waals surface area contributed by atoms with Gasteiger partial charge in [-0.3, -0.25) is 4.79 Å². The summed E-state index contributed by atoms with van der Waals surface area (Å²) in [6.07, 6.45) is 4.87. The fourth-order valence-electron chi connectivity index (χ4n) is 0.506. The van der Waals surface area contributed by atoms with Crippen molar-refractivity contribution in [2.24, 2.45) is 0 Å². The number of rotatable bonds is 3. The van der Waals surface area contributed by atoms with Crippen molar-refractivity contribution in [3.05, 3.63) is 18.5 Å². The van der Waals surface area contributed by atoms with Crippen LogP contribution in [0.1, 0.15) is 0 Å². The molecule has 0 saturated heterocycles. The first-order valence-electron chi connectivity index (χ1n) is 2.79. The molecule has 0 atom stereocenters. The third-order valence-electron chi connectivity index (χ3n) is 0.884. The Morgan fingerprint density at radius 1 is 1.50 bits per heavy atom. The van der Waals surface area contributed by atoms with E-state index in [4.69, 9.17) is 0 Å². The SMILES string of the molecule is O=[C]CNc1ncccn1. The lowest BCUT2D eigenvalue weighted by Gasteiger charge is -1.95. The molecule has 0 aliphatic carbocycles. The van der Waals surface area contributed by atoms with Crippen LogP contribution < -0.4 is 5.32 Å². The third kappa shape index (κ3) is 1.81. The molecule has 1 heterocycles. The van der Waals surface area contributed by atoms with Crippen LogP contribution >= 0.6 is 0 Å². The van der Waals surface area contributed by atoms with Crippen LogP contribution in [-0.2, 0) is 4.79 Å². The molecular formula is C6H6N3O. The minimum atomic E-state index is 0.129. The van der Waals surface area contributed by atoms with E-state index in [1.165, 1.54) is 0 Å². The number of carbonyl (C=O) groups excluding carboxylic acids is 1. The van der Waals surface area contributed by atoms with Crippen molar-refractivity contribution in [1.29, 1.82) is 0 Å². The highest BCUT2D eigenvalue weighted by Crippen LogP contribution is 1.90. The van der Waals surface area contributed by atoms with Crippen molar-refractivity contribution in [1.82, 2.24) is 9.97 Å². The number of hydrogen-bond acceptors (Lipinski definition) is 4. The normalized spacial score (nSPS) is 8.80. The number of anilines is 1. The third-order valence-corrected chi connectivity index (χ3v) is 0.884.